The summed E-state index contributed by atoms with van der Waals surface area (Å²) in [4.78, 5) is 24.1. The van der Waals surface area contributed by atoms with E-state index in [1.54, 1.807) is 0 Å². The van der Waals surface area contributed by atoms with Gasteiger partial charge >= 0.3 is 6.03 Å². The monoisotopic (exact) mass is 373 g/mol. The second-order valence-electron chi connectivity index (χ2n) is 7.67. The zero-order chi connectivity index (χ0) is 19.0. The van der Waals surface area contributed by atoms with Crippen LogP contribution in [0.2, 0.25) is 0 Å². The number of nitrogens with one attached hydrogen (secondary N) is 3. The summed E-state index contributed by atoms with van der Waals surface area (Å²) in [7, 11) is 0. The van der Waals surface area contributed by atoms with Gasteiger partial charge in [-0.25, -0.2) is 4.79 Å². The summed E-state index contributed by atoms with van der Waals surface area (Å²) in [6.07, 6.45) is 6.64. The molecule has 1 saturated carbocycles. The lowest BCUT2D eigenvalue weighted by Gasteiger charge is -2.38. The molecule has 148 valence electrons. The fraction of sp³-hybridized carbons (Fsp3) is 0.619. The van der Waals surface area contributed by atoms with E-state index in [1.807, 2.05) is 18.2 Å². The van der Waals surface area contributed by atoms with Gasteiger partial charge in [0.25, 0.3) is 0 Å². The topological polar surface area (TPSA) is 79.5 Å². The van der Waals surface area contributed by atoms with Crippen LogP contribution in [0.3, 0.4) is 0 Å². The minimum absolute atomic E-state index is 0.0207. The van der Waals surface area contributed by atoms with Crippen LogP contribution in [0.5, 0.6) is 0 Å². The number of hydrogen-bond donors (Lipinski definition) is 3. The molecule has 1 aliphatic carbocycles. The first kappa shape index (κ1) is 19.7. The maximum atomic E-state index is 12.2. The summed E-state index contributed by atoms with van der Waals surface area (Å²) in [6.45, 7) is 2.34. The smallest absolute Gasteiger partial charge is 0.314 e. The van der Waals surface area contributed by atoms with E-state index in [4.69, 9.17) is 4.74 Å². The van der Waals surface area contributed by atoms with Crippen molar-refractivity contribution < 1.29 is 14.3 Å². The summed E-state index contributed by atoms with van der Waals surface area (Å²) < 4.78 is 5.53. The second kappa shape index (κ2) is 9.74. The Balaban J connectivity index is 1.42. The van der Waals surface area contributed by atoms with Crippen LogP contribution in [0.25, 0.3) is 0 Å². The summed E-state index contributed by atoms with van der Waals surface area (Å²) in [5.74, 6) is 0.0207. The van der Waals surface area contributed by atoms with E-state index in [2.05, 4.69) is 28.1 Å². The average Bonchev–Trinajstić information content (AvgIpc) is 3.21. The number of rotatable bonds is 7. The van der Waals surface area contributed by atoms with E-state index in [0.29, 0.717) is 38.8 Å². The summed E-state index contributed by atoms with van der Waals surface area (Å²) >= 11 is 0. The van der Waals surface area contributed by atoms with Crippen LogP contribution in [0, 0.1) is 0 Å². The van der Waals surface area contributed by atoms with Gasteiger partial charge in [0.15, 0.2) is 0 Å². The summed E-state index contributed by atoms with van der Waals surface area (Å²) in [5, 5.41) is 8.85. The number of carbonyl (C=O) groups excluding carboxylic acids is 2. The van der Waals surface area contributed by atoms with Crippen LogP contribution in [0.4, 0.5) is 4.79 Å². The zero-order valence-electron chi connectivity index (χ0n) is 16.0. The Bertz CT molecular complexity index is 608. The highest BCUT2D eigenvalue weighted by Crippen LogP contribution is 2.34. The molecule has 1 saturated heterocycles. The van der Waals surface area contributed by atoms with Crippen molar-refractivity contribution in [2.45, 2.75) is 56.4 Å². The SMILES string of the molecule is O=C(CCNC(=O)NCC1(c2ccccc2)CCOCC1)NC1CCCC1. The Morgan fingerprint density at radius 2 is 1.74 bits per heavy atom. The molecule has 3 rings (SSSR count). The molecule has 2 fully saturated rings. The van der Waals surface area contributed by atoms with Crippen LogP contribution >= 0.6 is 0 Å². The predicted octanol–water partition coefficient (Wildman–Crippen LogP) is 2.48. The fourth-order valence-electron chi connectivity index (χ4n) is 4.09. The maximum Gasteiger partial charge on any atom is 0.314 e. The van der Waals surface area contributed by atoms with Gasteiger partial charge in [-0.05, 0) is 31.2 Å². The predicted molar refractivity (Wildman–Crippen MR) is 105 cm³/mol. The highest BCUT2D eigenvalue weighted by atomic mass is 16.5. The van der Waals surface area contributed by atoms with Crippen molar-refractivity contribution in [2.24, 2.45) is 0 Å². The first-order valence-electron chi connectivity index (χ1n) is 10.1. The lowest BCUT2D eigenvalue weighted by atomic mass is 9.74. The number of hydrogen-bond acceptors (Lipinski definition) is 3. The lowest BCUT2D eigenvalue weighted by molar-refractivity contribution is -0.121. The molecule has 3 N–H and O–H groups in total. The molecule has 6 nitrogen and oxygen atoms in total. The third-order valence-electron chi connectivity index (χ3n) is 5.78. The Morgan fingerprint density at radius 3 is 2.44 bits per heavy atom. The van der Waals surface area contributed by atoms with E-state index < -0.39 is 0 Å². The number of amides is 3. The molecule has 0 unspecified atom stereocenters. The van der Waals surface area contributed by atoms with Crippen molar-refractivity contribution in [3.05, 3.63) is 35.9 Å². The number of urea groups is 1. The Kier molecular flexibility index (Phi) is 7.10. The average molecular weight is 373 g/mol. The highest BCUT2D eigenvalue weighted by Gasteiger charge is 2.34. The van der Waals surface area contributed by atoms with E-state index in [0.717, 1.165) is 25.7 Å². The molecule has 1 aromatic rings. The molecule has 2 aliphatic rings. The van der Waals surface area contributed by atoms with E-state index in [1.165, 1.54) is 18.4 Å². The molecular formula is C21H31N3O3. The van der Waals surface area contributed by atoms with Gasteiger partial charge in [-0.15, -0.1) is 0 Å². The third-order valence-corrected chi connectivity index (χ3v) is 5.78. The van der Waals surface area contributed by atoms with Gasteiger partial charge in [0.1, 0.15) is 0 Å². The van der Waals surface area contributed by atoms with Gasteiger partial charge in [-0.1, -0.05) is 43.2 Å². The van der Waals surface area contributed by atoms with Gasteiger partial charge in [-0.3, -0.25) is 4.79 Å². The first-order chi connectivity index (χ1) is 13.2. The number of carbonyl (C=O) groups is 2. The molecule has 1 heterocycles. The maximum absolute atomic E-state index is 12.2. The third kappa shape index (κ3) is 5.70. The van der Waals surface area contributed by atoms with Crippen LogP contribution in [0.15, 0.2) is 30.3 Å². The van der Waals surface area contributed by atoms with Gasteiger partial charge in [-0.2, -0.15) is 0 Å². The van der Waals surface area contributed by atoms with Gasteiger partial charge in [0.2, 0.25) is 5.91 Å². The molecule has 0 bridgehead atoms. The standard InChI is InChI=1S/C21H31N3O3/c25-19(24-18-8-4-5-9-18)10-13-22-20(26)23-16-21(11-14-27-15-12-21)17-6-2-1-3-7-17/h1-3,6-7,18H,4-5,8-16H2,(H,24,25)(H2,22,23,26). The second-order valence-corrected chi connectivity index (χ2v) is 7.67. The van der Waals surface area contributed by atoms with E-state index in [-0.39, 0.29) is 17.4 Å². The molecule has 0 radical (unpaired) electrons. The number of ether oxygens (including phenoxy) is 1. The van der Waals surface area contributed by atoms with Crippen molar-refractivity contribution >= 4 is 11.9 Å². The molecule has 0 aromatic heterocycles. The van der Waals surface area contributed by atoms with Crippen LogP contribution in [0.1, 0.15) is 50.5 Å². The zero-order valence-corrected chi connectivity index (χ0v) is 16.0. The van der Waals surface area contributed by atoms with E-state index in [9.17, 15) is 9.59 Å². The van der Waals surface area contributed by atoms with Gasteiger partial charge in [0, 0.05) is 44.2 Å². The quantitative estimate of drug-likeness (QED) is 0.687. The Morgan fingerprint density at radius 1 is 1.04 bits per heavy atom. The normalized spacial score (nSPS) is 19.4. The van der Waals surface area contributed by atoms with Gasteiger partial charge < -0.3 is 20.7 Å². The summed E-state index contributed by atoms with van der Waals surface area (Å²) in [6, 6.07) is 10.4. The van der Waals surface area contributed by atoms with Crippen molar-refractivity contribution in [3.8, 4) is 0 Å². The molecular weight excluding hydrogens is 342 g/mol. The molecule has 1 aliphatic heterocycles. The van der Waals surface area contributed by atoms with Crippen molar-refractivity contribution in [1.82, 2.24) is 16.0 Å². The van der Waals surface area contributed by atoms with Crippen LogP contribution < -0.4 is 16.0 Å². The Hall–Kier alpha value is -2.08. The largest absolute Gasteiger partial charge is 0.381 e. The molecule has 0 atom stereocenters. The number of benzene rings is 1. The molecule has 27 heavy (non-hydrogen) atoms. The van der Waals surface area contributed by atoms with Crippen molar-refractivity contribution in [1.29, 1.82) is 0 Å². The van der Waals surface area contributed by atoms with Crippen molar-refractivity contribution in [3.63, 3.8) is 0 Å². The minimum atomic E-state index is -0.217. The Labute approximate surface area is 161 Å². The first-order valence-corrected chi connectivity index (χ1v) is 10.1. The van der Waals surface area contributed by atoms with Gasteiger partial charge in [0.05, 0.1) is 0 Å². The van der Waals surface area contributed by atoms with Crippen LogP contribution in [-0.4, -0.2) is 44.3 Å². The van der Waals surface area contributed by atoms with Crippen LogP contribution in [-0.2, 0) is 14.9 Å². The fourth-order valence-corrected chi connectivity index (χ4v) is 4.09. The van der Waals surface area contributed by atoms with Crippen molar-refractivity contribution in [2.75, 3.05) is 26.3 Å². The lowest BCUT2D eigenvalue weighted by Crippen LogP contribution is -2.47. The van der Waals surface area contributed by atoms with E-state index >= 15 is 0 Å². The molecule has 1 aromatic carbocycles. The molecule has 0 spiro atoms. The minimum Gasteiger partial charge on any atom is -0.381 e. The molecule has 6 heteroatoms. The summed E-state index contributed by atoms with van der Waals surface area (Å²) in [5.41, 5.74) is 1.15. The highest BCUT2D eigenvalue weighted by molar-refractivity contribution is 5.78. The molecule has 3 amide bonds.